The number of fused-ring (bicyclic) bond motifs is 1. The molecule has 0 spiro atoms. The molecular weight excluding hydrogens is 242 g/mol. The molecule has 1 aliphatic carbocycles. The topological polar surface area (TPSA) is 75.3 Å². The van der Waals surface area contributed by atoms with Crippen LogP contribution in [0.3, 0.4) is 0 Å². The maximum atomic E-state index is 9.70. The minimum absolute atomic E-state index is 0.00716. The van der Waals surface area contributed by atoms with Gasteiger partial charge in [-0.15, -0.1) is 10.2 Å². The molecule has 6 nitrogen and oxygen atoms in total. The van der Waals surface area contributed by atoms with Crippen LogP contribution in [0.2, 0.25) is 0 Å². The zero-order chi connectivity index (χ0) is 13.1. The first kappa shape index (κ1) is 12.3. The van der Waals surface area contributed by atoms with Gasteiger partial charge in [-0.1, -0.05) is 19.3 Å². The van der Waals surface area contributed by atoms with Crippen LogP contribution in [0, 0.1) is 5.41 Å². The number of aliphatic hydroxyl groups is 1. The summed E-state index contributed by atoms with van der Waals surface area (Å²) in [7, 11) is 0. The third kappa shape index (κ3) is 2.40. The molecule has 19 heavy (non-hydrogen) atoms. The van der Waals surface area contributed by atoms with Gasteiger partial charge in [-0.05, 0) is 12.8 Å². The van der Waals surface area contributed by atoms with Crippen molar-refractivity contribution in [3.8, 4) is 0 Å². The van der Waals surface area contributed by atoms with Crippen molar-refractivity contribution in [1.82, 2.24) is 19.6 Å². The van der Waals surface area contributed by atoms with E-state index in [1.54, 1.807) is 12.5 Å². The molecule has 2 heterocycles. The maximum Gasteiger partial charge on any atom is 0.203 e. The first-order chi connectivity index (χ1) is 9.33. The van der Waals surface area contributed by atoms with E-state index in [0.717, 1.165) is 30.9 Å². The van der Waals surface area contributed by atoms with Crippen molar-refractivity contribution < 1.29 is 5.11 Å². The largest absolute Gasteiger partial charge is 0.396 e. The fourth-order valence-electron chi connectivity index (χ4n) is 2.85. The predicted octanol–water partition coefficient (Wildman–Crippen LogP) is 1.48. The molecule has 0 atom stereocenters. The third-order valence-corrected chi connectivity index (χ3v) is 4.10. The van der Waals surface area contributed by atoms with Crippen molar-refractivity contribution in [2.24, 2.45) is 5.41 Å². The van der Waals surface area contributed by atoms with Gasteiger partial charge >= 0.3 is 0 Å². The van der Waals surface area contributed by atoms with Crippen LogP contribution < -0.4 is 5.32 Å². The van der Waals surface area contributed by atoms with Gasteiger partial charge in [-0.2, -0.15) is 0 Å². The highest BCUT2D eigenvalue weighted by Gasteiger charge is 2.31. The molecule has 102 valence electrons. The lowest BCUT2D eigenvalue weighted by Gasteiger charge is -2.35. The summed E-state index contributed by atoms with van der Waals surface area (Å²) in [6, 6.07) is 0. The number of nitrogens with one attached hydrogen (secondary N) is 1. The van der Waals surface area contributed by atoms with Crippen LogP contribution in [0.15, 0.2) is 18.7 Å². The van der Waals surface area contributed by atoms with Crippen LogP contribution in [0.5, 0.6) is 0 Å². The van der Waals surface area contributed by atoms with Crippen molar-refractivity contribution in [1.29, 1.82) is 0 Å². The van der Waals surface area contributed by atoms with E-state index in [0.29, 0.717) is 0 Å². The molecule has 0 aromatic carbocycles. The van der Waals surface area contributed by atoms with Crippen molar-refractivity contribution in [3.05, 3.63) is 18.7 Å². The molecule has 2 N–H and O–H groups in total. The summed E-state index contributed by atoms with van der Waals surface area (Å²) in [5, 5.41) is 21.0. The number of hydrogen-bond acceptors (Lipinski definition) is 5. The summed E-state index contributed by atoms with van der Waals surface area (Å²) in [6.07, 6.45) is 11.0. The van der Waals surface area contributed by atoms with Gasteiger partial charge in [-0.3, -0.25) is 4.40 Å². The summed E-state index contributed by atoms with van der Waals surface area (Å²) >= 11 is 0. The van der Waals surface area contributed by atoms with Crippen LogP contribution in [-0.2, 0) is 0 Å². The highest BCUT2D eigenvalue weighted by molar-refractivity contribution is 5.61. The number of hydrogen-bond donors (Lipinski definition) is 2. The first-order valence-electron chi connectivity index (χ1n) is 6.82. The fourth-order valence-corrected chi connectivity index (χ4v) is 2.85. The molecule has 0 aliphatic heterocycles. The summed E-state index contributed by atoms with van der Waals surface area (Å²) in [5.41, 5.74) is 0.721. The van der Waals surface area contributed by atoms with E-state index < -0.39 is 0 Å². The minimum Gasteiger partial charge on any atom is -0.396 e. The Balaban J connectivity index is 1.76. The van der Waals surface area contributed by atoms with Crippen molar-refractivity contribution in [2.75, 3.05) is 18.5 Å². The molecular formula is C13H19N5O. The van der Waals surface area contributed by atoms with E-state index in [1.807, 2.05) is 10.6 Å². The molecule has 0 amide bonds. The molecule has 0 bridgehead atoms. The highest BCUT2D eigenvalue weighted by atomic mass is 16.3. The molecule has 0 saturated heterocycles. The molecule has 1 fully saturated rings. The Bertz CT molecular complexity index is 547. The number of aliphatic hydroxyl groups excluding tert-OH is 1. The average Bonchev–Trinajstić information content (AvgIpc) is 2.95. The Labute approximate surface area is 111 Å². The molecule has 0 radical (unpaired) electrons. The van der Waals surface area contributed by atoms with E-state index in [-0.39, 0.29) is 12.0 Å². The molecule has 2 aromatic heterocycles. The number of anilines is 1. The second kappa shape index (κ2) is 5.13. The Kier molecular flexibility index (Phi) is 3.33. The Hall–Kier alpha value is -1.69. The predicted molar refractivity (Wildman–Crippen MR) is 71.9 cm³/mol. The van der Waals surface area contributed by atoms with Gasteiger partial charge in [0.15, 0.2) is 5.82 Å². The average molecular weight is 261 g/mol. The van der Waals surface area contributed by atoms with E-state index in [1.165, 1.54) is 19.3 Å². The molecule has 1 aliphatic rings. The number of nitrogens with zero attached hydrogens (tertiary/aromatic N) is 4. The first-order valence-corrected chi connectivity index (χ1v) is 6.82. The normalized spacial score (nSPS) is 18.6. The Morgan fingerprint density at radius 3 is 2.95 bits per heavy atom. The quantitative estimate of drug-likeness (QED) is 0.872. The lowest BCUT2D eigenvalue weighted by molar-refractivity contribution is 0.0943. The van der Waals surface area contributed by atoms with E-state index in [4.69, 9.17) is 0 Å². The Morgan fingerprint density at radius 1 is 1.32 bits per heavy atom. The summed E-state index contributed by atoms with van der Waals surface area (Å²) in [6.45, 7) is 0.971. The van der Waals surface area contributed by atoms with E-state index >= 15 is 0 Å². The standard InChI is InChI=1S/C13H19N5O/c19-9-13(4-2-1-3-5-13)8-15-11-12-17-16-10-18(12)7-6-14-11/h6-7,10,19H,1-5,8-9H2,(H,14,15). The summed E-state index contributed by atoms with van der Waals surface area (Å²) in [4.78, 5) is 4.31. The number of rotatable bonds is 4. The van der Waals surface area contributed by atoms with Gasteiger partial charge in [-0.25, -0.2) is 4.98 Å². The van der Waals surface area contributed by atoms with E-state index in [2.05, 4.69) is 20.5 Å². The summed E-state index contributed by atoms with van der Waals surface area (Å²) < 4.78 is 1.84. The van der Waals surface area contributed by atoms with Crippen LogP contribution in [0.4, 0.5) is 5.82 Å². The van der Waals surface area contributed by atoms with Gasteiger partial charge in [0.05, 0.1) is 6.61 Å². The van der Waals surface area contributed by atoms with Crippen LogP contribution >= 0.6 is 0 Å². The lowest BCUT2D eigenvalue weighted by atomic mass is 9.74. The molecule has 3 rings (SSSR count). The molecule has 0 unspecified atom stereocenters. The van der Waals surface area contributed by atoms with Gasteiger partial charge in [0.1, 0.15) is 6.33 Å². The molecule has 6 heteroatoms. The van der Waals surface area contributed by atoms with E-state index in [9.17, 15) is 5.11 Å². The van der Waals surface area contributed by atoms with Gasteiger partial charge in [0, 0.05) is 24.4 Å². The van der Waals surface area contributed by atoms with Crippen molar-refractivity contribution >= 4 is 11.5 Å². The van der Waals surface area contributed by atoms with Crippen LogP contribution in [0.25, 0.3) is 5.65 Å². The smallest absolute Gasteiger partial charge is 0.203 e. The zero-order valence-electron chi connectivity index (χ0n) is 10.9. The third-order valence-electron chi connectivity index (χ3n) is 4.10. The second-order valence-electron chi connectivity index (χ2n) is 5.41. The van der Waals surface area contributed by atoms with Crippen molar-refractivity contribution in [3.63, 3.8) is 0 Å². The second-order valence-corrected chi connectivity index (χ2v) is 5.41. The SMILES string of the molecule is OCC1(CNc2nccn3cnnc23)CCCCC1. The number of aromatic nitrogens is 4. The highest BCUT2D eigenvalue weighted by Crippen LogP contribution is 2.36. The van der Waals surface area contributed by atoms with Gasteiger partial charge in [0.2, 0.25) is 5.65 Å². The molecule has 1 saturated carbocycles. The van der Waals surface area contributed by atoms with Crippen LogP contribution in [-0.4, -0.2) is 37.8 Å². The Morgan fingerprint density at radius 2 is 2.16 bits per heavy atom. The van der Waals surface area contributed by atoms with Crippen LogP contribution in [0.1, 0.15) is 32.1 Å². The molecule has 2 aromatic rings. The fraction of sp³-hybridized carbons (Fsp3) is 0.615. The zero-order valence-corrected chi connectivity index (χ0v) is 10.9. The van der Waals surface area contributed by atoms with Gasteiger partial charge < -0.3 is 10.4 Å². The maximum absolute atomic E-state index is 9.70. The van der Waals surface area contributed by atoms with Gasteiger partial charge in [0.25, 0.3) is 0 Å². The summed E-state index contributed by atoms with van der Waals surface area (Å²) in [5.74, 6) is 0.735. The monoisotopic (exact) mass is 261 g/mol. The van der Waals surface area contributed by atoms with Crippen molar-refractivity contribution in [2.45, 2.75) is 32.1 Å². The lowest BCUT2D eigenvalue weighted by Crippen LogP contribution is -2.35. The minimum atomic E-state index is -0.00716.